The number of H-pyrrole nitrogens is 1. The molecule has 0 fully saturated rings. The molecule has 58 valence electrons. The van der Waals surface area contributed by atoms with E-state index in [2.05, 4.69) is 14.6 Å². The van der Waals surface area contributed by atoms with Gasteiger partial charge in [0.25, 0.3) is 16.1 Å². The molecule has 0 aromatic carbocycles. The SMILES string of the molecule is O=C=NS(=O)(=O)c1cn[nH]c1. The quantitative estimate of drug-likeness (QED) is 0.479. The minimum absolute atomic E-state index is 0.152. The maximum atomic E-state index is 10.8. The molecule has 0 spiro atoms. The molecule has 0 aliphatic carbocycles. The summed E-state index contributed by atoms with van der Waals surface area (Å²) in [5.41, 5.74) is 0. The Morgan fingerprint density at radius 1 is 1.64 bits per heavy atom. The lowest BCUT2D eigenvalue weighted by Gasteiger charge is -1.85. The van der Waals surface area contributed by atoms with E-state index in [4.69, 9.17) is 0 Å². The van der Waals surface area contributed by atoms with E-state index in [1.165, 1.54) is 0 Å². The number of nitrogens with one attached hydrogen (secondary N) is 1. The summed E-state index contributed by atoms with van der Waals surface area (Å²) in [6.45, 7) is 0. The fraction of sp³-hybridized carbons (Fsp3) is 0. The molecule has 0 saturated carbocycles. The van der Waals surface area contributed by atoms with Crippen molar-refractivity contribution in [2.75, 3.05) is 0 Å². The molecule has 0 saturated heterocycles. The molecule has 6 nitrogen and oxygen atoms in total. The number of aromatic amines is 1. The van der Waals surface area contributed by atoms with Crippen LogP contribution in [0.2, 0.25) is 0 Å². The Labute approximate surface area is 62.0 Å². The molecule has 0 aliphatic heterocycles. The van der Waals surface area contributed by atoms with Gasteiger partial charge in [0, 0.05) is 6.20 Å². The van der Waals surface area contributed by atoms with Gasteiger partial charge in [-0.25, -0.2) is 4.79 Å². The van der Waals surface area contributed by atoms with Gasteiger partial charge in [0.15, 0.2) is 0 Å². The normalized spacial score (nSPS) is 10.5. The maximum absolute atomic E-state index is 10.8. The number of carbonyl (C=O) groups excluding carboxylic acids is 1. The van der Waals surface area contributed by atoms with Crippen molar-refractivity contribution >= 4 is 16.1 Å². The van der Waals surface area contributed by atoms with Gasteiger partial charge in [0.1, 0.15) is 4.90 Å². The van der Waals surface area contributed by atoms with E-state index in [9.17, 15) is 13.2 Å². The van der Waals surface area contributed by atoms with Crippen LogP contribution in [-0.2, 0) is 14.8 Å². The van der Waals surface area contributed by atoms with E-state index >= 15 is 0 Å². The Hall–Kier alpha value is -1.46. The summed E-state index contributed by atoms with van der Waals surface area (Å²) < 4.78 is 24.2. The molecular weight excluding hydrogens is 170 g/mol. The van der Waals surface area contributed by atoms with Gasteiger partial charge in [-0.3, -0.25) is 5.10 Å². The number of sulfonamides is 1. The summed E-state index contributed by atoms with van der Waals surface area (Å²) in [7, 11) is -3.86. The first-order valence-electron chi connectivity index (χ1n) is 2.50. The molecule has 0 atom stereocenters. The smallest absolute Gasteiger partial charge is 0.284 e. The second kappa shape index (κ2) is 2.65. The summed E-state index contributed by atoms with van der Waals surface area (Å²) in [6, 6.07) is 0. The van der Waals surface area contributed by atoms with Crippen molar-refractivity contribution in [2.45, 2.75) is 4.90 Å². The Morgan fingerprint density at radius 3 is 2.82 bits per heavy atom. The van der Waals surface area contributed by atoms with Gasteiger partial charge in [-0.1, -0.05) is 4.40 Å². The van der Waals surface area contributed by atoms with Crippen LogP contribution >= 0.6 is 0 Å². The molecule has 1 rings (SSSR count). The minimum atomic E-state index is -3.86. The molecule has 1 aromatic rings. The Morgan fingerprint density at radius 2 is 2.36 bits per heavy atom. The number of nitrogens with zero attached hydrogens (tertiary/aromatic N) is 2. The fourth-order valence-corrected chi connectivity index (χ4v) is 1.07. The standard InChI is InChI=1S/C4H3N3O3S/c8-3-7-11(9,10)4-1-5-6-2-4/h1-2H,(H,5,6). The van der Waals surface area contributed by atoms with Gasteiger partial charge >= 0.3 is 0 Å². The molecule has 7 heteroatoms. The van der Waals surface area contributed by atoms with E-state index in [0.29, 0.717) is 0 Å². The highest BCUT2D eigenvalue weighted by atomic mass is 32.2. The third kappa shape index (κ3) is 1.51. The third-order valence-electron chi connectivity index (χ3n) is 0.928. The van der Waals surface area contributed by atoms with Crippen LogP contribution in [0, 0.1) is 0 Å². The minimum Gasteiger partial charge on any atom is -0.284 e. The van der Waals surface area contributed by atoms with Crippen molar-refractivity contribution in [1.82, 2.24) is 10.2 Å². The second-order valence-electron chi connectivity index (χ2n) is 1.59. The van der Waals surface area contributed by atoms with Crippen LogP contribution in [0.1, 0.15) is 0 Å². The highest BCUT2D eigenvalue weighted by Crippen LogP contribution is 2.06. The average molecular weight is 173 g/mol. The predicted octanol–water partition coefficient (Wildman–Crippen LogP) is -0.566. The molecule has 0 amide bonds. The van der Waals surface area contributed by atoms with E-state index < -0.39 is 10.0 Å². The Kier molecular flexibility index (Phi) is 1.84. The highest BCUT2D eigenvalue weighted by Gasteiger charge is 2.12. The fourth-order valence-electron chi connectivity index (χ4n) is 0.482. The number of aromatic nitrogens is 2. The highest BCUT2D eigenvalue weighted by molar-refractivity contribution is 7.90. The van der Waals surface area contributed by atoms with Crippen molar-refractivity contribution in [2.24, 2.45) is 4.40 Å². The van der Waals surface area contributed by atoms with Crippen LogP contribution < -0.4 is 0 Å². The molecule has 1 aromatic heterocycles. The van der Waals surface area contributed by atoms with Crippen molar-refractivity contribution < 1.29 is 13.2 Å². The third-order valence-corrected chi connectivity index (χ3v) is 2.06. The zero-order valence-electron chi connectivity index (χ0n) is 5.18. The Bertz CT molecular complexity index is 373. The zero-order valence-corrected chi connectivity index (χ0v) is 6.00. The van der Waals surface area contributed by atoms with Gasteiger partial charge in [-0.05, 0) is 0 Å². The lowest BCUT2D eigenvalue weighted by Crippen LogP contribution is -1.93. The summed E-state index contributed by atoms with van der Waals surface area (Å²) in [5.74, 6) is 0. The number of rotatable bonds is 2. The first-order valence-corrected chi connectivity index (χ1v) is 3.94. The topological polar surface area (TPSA) is 92.2 Å². The van der Waals surface area contributed by atoms with Crippen LogP contribution in [-0.4, -0.2) is 24.7 Å². The van der Waals surface area contributed by atoms with E-state index in [1.54, 1.807) is 0 Å². The molecule has 0 aliphatic rings. The lowest BCUT2D eigenvalue weighted by atomic mass is 10.7. The Balaban J connectivity index is 3.22. The first kappa shape index (κ1) is 7.64. The maximum Gasteiger partial charge on any atom is 0.295 e. The van der Waals surface area contributed by atoms with Crippen LogP contribution in [0.15, 0.2) is 21.7 Å². The van der Waals surface area contributed by atoms with E-state index in [-0.39, 0.29) is 4.90 Å². The average Bonchev–Trinajstić information content (AvgIpc) is 2.37. The van der Waals surface area contributed by atoms with Crippen LogP contribution in [0.5, 0.6) is 0 Å². The van der Waals surface area contributed by atoms with E-state index in [1.807, 2.05) is 0 Å². The molecule has 1 heterocycles. The molecule has 1 N–H and O–H groups in total. The molecule has 0 radical (unpaired) electrons. The van der Waals surface area contributed by atoms with Gasteiger partial charge in [-0.2, -0.15) is 13.5 Å². The van der Waals surface area contributed by atoms with Crippen molar-refractivity contribution in [1.29, 1.82) is 0 Å². The number of isocyanates is 1. The largest absolute Gasteiger partial charge is 0.295 e. The molecule has 0 unspecified atom stereocenters. The van der Waals surface area contributed by atoms with Crippen LogP contribution in [0.25, 0.3) is 0 Å². The monoisotopic (exact) mass is 173 g/mol. The molecule has 0 bridgehead atoms. The number of hydrogen-bond donors (Lipinski definition) is 1. The molecular formula is C4H3N3O3S. The van der Waals surface area contributed by atoms with Crippen LogP contribution in [0.3, 0.4) is 0 Å². The lowest BCUT2D eigenvalue weighted by molar-refractivity contribution is 0.563. The number of hydrogen-bond acceptors (Lipinski definition) is 4. The summed E-state index contributed by atoms with van der Waals surface area (Å²) in [4.78, 5) is 9.46. The second-order valence-corrected chi connectivity index (χ2v) is 3.20. The van der Waals surface area contributed by atoms with Gasteiger partial charge < -0.3 is 0 Å². The van der Waals surface area contributed by atoms with Gasteiger partial charge in [0.05, 0.1) is 6.20 Å². The van der Waals surface area contributed by atoms with Crippen LogP contribution in [0.4, 0.5) is 0 Å². The predicted molar refractivity (Wildman–Crippen MR) is 33.9 cm³/mol. The van der Waals surface area contributed by atoms with Crippen molar-refractivity contribution in [3.05, 3.63) is 12.4 Å². The van der Waals surface area contributed by atoms with Crippen molar-refractivity contribution in [3.8, 4) is 0 Å². The van der Waals surface area contributed by atoms with Crippen molar-refractivity contribution in [3.63, 3.8) is 0 Å². The zero-order chi connectivity index (χ0) is 8.32. The van der Waals surface area contributed by atoms with Gasteiger partial charge in [-0.15, -0.1) is 0 Å². The molecule has 11 heavy (non-hydrogen) atoms. The van der Waals surface area contributed by atoms with E-state index in [0.717, 1.165) is 18.5 Å². The first-order chi connectivity index (χ1) is 5.17. The summed E-state index contributed by atoms with van der Waals surface area (Å²) in [6.07, 6.45) is 3.11. The summed E-state index contributed by atoms with van der Waals surface area (Å²) in [5, 5.41) is 5.65. The van der Waals surface area contributed by atoms with Gasteiger partial charge in [0.2, 0.25) is 0 Å². The summed E-state index contributed by atoms with van der Waals surface area (Å²) >= 11 is 0.